The molecule has 0 aliphatic carbocycles. The van der Waals surface area contributed by atoms with Crippen LogP contribution < -0.4 is 9.47 Å². The summed E-state index contributed by atoms with van der Waals surface area (Å²) >= 11 is 0. The van der Waals surface area contributed by atoms with E-state index in [1.54, 1.807) is 0 Å². The number of esters is 1. The molecule has 2 rings (SSSR count). The molecule has 10 heteroatoms. The van der Waals surface area contributed by atoms with E-state index in [0.29, 0.717) is 5.56 Å². The zero-order valence-electron chi connectivity index (χ0n) is 14.7. The van der Waals surface area contributed by atoms with Crippen molar-refractivity contribution < 1.29 is 49.3 Å². The van der Waals surface area contributed by atoms with Crippen LogP contribution >= 0.6 is 0 Å². The van der Waals surface area contributed by atoms with E-state index in [4.69, 9.17) is 24.1 Å². The van der Waals surface area contributed by atoms with E-state index in [0.717, 1.165) is 6.08 Å². The van der Waals surface area contributed by atoms with Crippen LogP contribution in [-0.2, 0) is 14.3 Å². The summed E-state index contributed by atoms with van der Waals surface area (Å²) in [7, 11) is 2.71. The minimum atomic E-state index is -1.69. The molecule has 1 aliphatic rings. The first kappa shape index (κ1) is 20.9. The van der Waals surface area contributed by atoms with E-state index in [-0.39, 0.29) is 17.2 Å². The summed E-state index contributed by atoms with van der Waals surface area (Å²) in [4.78, 5) is 12.0. The third kappa shape index (κ3) is 4.67. The minimum Gasteiger partial charge on any atom is -0.502 e. The lowest BCUT2D eigenvalue weighted by Crippen LogP contribution is -2.59. The Morgan fingerprint density at radius 1 is 1.11 bits per heavy atom. The maximum Gasteiger partial charge on any atom is 0.333 e. The zero-order chi connectivity index (χ0) is 20.1. The molecular weight excluding hydrogens is 364 g/mol. The summed E-state index contributed by atoms with van der Waals surface area (Å²) in [5, 5.41) is 48.2. The Labute approximate surface area is 154 Å². The predicted molar refractivity (Wildman–Crippen MR) is 90.1 cm³/mol. The van der Waals surface area contributed by atoms with Gasteiger partial charge in [0, 0.05) is 6.08 Å². The molecular formula is C17H22O10. The van der Waals surface area contributed by atoms with Crippen molar-refractivity contribution in [3.05, 3.63) is 23.8 Å². The summed E-state index contributed by atoms with van der Waals surface area (Å²) in [6.07, 6.45) is -5.27. The van der Waals surface area contributed by atoms with Crippen LogP contribution in [0.15, 0.2) is 18.2 Å². The molecule has 1 saturated heterocycles. The van der Waals surface area contributed by atoms with E-state index in [1.165, 1.54) is 32.4 Å². The second kappa shape index (κ2) is 9.02. The smallest absolute Gasteiger partial charge is 0.333 e. The Balaban J connectivity index is 2.09. The van der Waals surface area contributed by atoms with Gasteiger partial charge in [0.15, 0.2) is 11.5 Å². The summed E-state index contributed by atoms with van der Waals surface area (Å²) in [6.45, 7) is -0.637. The SMILES string of the molecule is COc1cc(/C=C/C(=O)O[C@H]2O[C@H](CO)[C@@H](O)[C@H](O)[C@H]2O)cc(OC)c1O. The van der Waals surface area contributed by atoms with Crippen molar-refractivity contribution in [2.24, 2.45) is 0 Å². The van der Waals surface area contributed by atoms with Gasteiger partial charge < -0.3 is 44.5 Å². The number of aliphatic hydroxyl groups excluding tert-OH is 4. The first-order valence-corrected chi connectivity index (χ1v) is 7.96. The maximum atomic E-state index is 12.0. The Bertz CT molecular complexity index is 661. The highest BCUT2D eigenvalue weighted by Gasteiger charge is 2.45. The van der Waals surface area contributed by atoms with E-state index >= 15 is 0 Å². The molecule has 0 radical (unpaired) electrons. The molecule has 0 amide bonds. The average molecular weight is 386 g/mol. The Hall–Kier alpha value is -2.37. The van der Waals surface area contributed by atoms with Gasteiger partial charge in [0.25, 0.3) is 0 Å². The molecule has 10 nitrogen and oxygen atoms in total. The number of ether oxygens (including phenoxy) is 4. The number of methoxy groups -OCH3 is 2. The van der Waals surface area contributed by atoms with Crippen molar-refractivity contribution in [3.63, 3.8) is 0 Å². The van der Waals surface area contributed by atoms with E-state index in [1.807, 2.05) is 0 Å². The number of benzene rings is 1. The summed E-state index contributed by atoms with van der Waals surface area (Å²) in [5.74, 6) is -0.834. The van der Waals surface area contributed by atoms with Gasteiger partial charge in [-0.2, -0.15) is 0 Å². The first-order chi connectivity index (χ1) is 12.8. The van der Waals surface area contributed by atoms with Crippen LogP contribution in [-0.4, -0.2) is 83.0 Å². The van der Waals surface area contributed by atoms with E-state index in [2.05, 4.69) is 0 Å². The number of hydrogen-bond donors (Lipinski definition) is 5. The van der Waals surface area contributed by atoms with Gasteiger partial charge in [-0.25, -0.2) is 4.79 Å². The number of carbonyl (C=O) groups excluding carboxylic acids is 1. The van der Waals surface area contributed by atoms with Crippen LogP contribution in [0.2, 0.25) is 0 Å². The van der Waals surface area contributed by atoms with E-state index in [9.17, 15) is 25.2 Å². The fraction of sp³-hybridized carbons (Fsp3) is 0.471. The lowest BCUT2D eigenvalue weighted by molar-refractivity contribution is -0.291. The van der Waals surface area contributed by atoms with Gasteiger partial charge in [0.05, 0.1) is 20.8 Å². The molecule has 0 unspecified atom stereocenters. The highest BCUT2D eigenvalue weighted by atomic mass is 16.7. The molecule has 0 spiro atoms. The Morgan fingerprint density at radius 2 is 1.70 bits per heavy atom. The van der Waals surface area contributed by atoms with Crippen LogP contribution in [0.25, 0.3) is 6.08 Å². The summed E-state index contributed by atoms with van der Waals surface area (Å²) < 4.78 is 20.0. The molecule has 5 atom stereocenters. The molecule has 5 N–H and O–H groups in total. The van der Waals surface area contributed by atoms with Crippen molar-refractivity contribution in [2.75, 3.05) is 20.8 Å². The quantitative estimate of drug-likeness (QED) is 0.296. The van der Waals surface area contributed by atoms with Crippen LogP contribution in [0, 0.1) is 0 Å². The predicted octanol–water partition coefficient (Wildman–Crippen LogP) is -1.23. The number of phenols is 1. The molecule has 1 aromatic rings. The van der Waals surface area contributed by atoms with Crippen molar-refractivity contribution in [2.45, 2.75) is 30.7 Å². The van der Waals surface area contributed by atoms with Crippen molar-refractivity contribution >= 4 is 12.0 Å². The fourth-order valence-electron chi connectivity index (χ4n) is 2.49. The summed E-state index contributed by atoms with van der Waals surface area (Å²) in [6, 6.07) is 2.91. The van der Waals surface area contributed by atoms with Crippen LogP contribution in [0.3, 0.4) is 0 Å². The Morgan fingerprint density at radius 3 is 2.22 bits per heavy atom. The summed E-state index contributed by atoms with van der Waals surface area (Å²) in [5.41, 5.74) is 0.451. The third-order valence-corrected chi connectivity index (χ3v) is 3.99. The monoisotopic (exact) mass is 386 g/mol. The van der Waals surface area contributed by atoms with Gasteiger partial charge in [-0.15, -0.1) is 0 Å². The number of aromatic hydroxyl groups is 1. The molecule has 0 bridgehead atoms. The van der Waals surface area contributed by atoms with Crippen LogP contribution in [0.1, 0.15) is 5.56 Å². The average Bonchev–Trinajstić information content (AvgIpc) is 2.67. The molecule has 1 heterocycles. The normalized spacial score (nSPS) is 28.1. The van der Waals surface area contributed by atoms with Gasteiger partial charge >= 0.3 is 5.97 Å². The van der Waals surface area contributed by atoms with Crippen LogP contribution in [0.5, 0.6) is 17.2 Å². The minimum absolute atomic E-state index is 0.135. The number of phenolic OH excluding ortho intramolecular Hbond substituents is 1. The van der Waals surface area contributed by atoms with E-state index < -0.39 is 43.3 Å². The molecule has 1 aliphatic heterocycles. The number of rotatable bonds is 6. The second-order valence-corrected chi connectivity index (χ2v) is 5.74. The van der Waals surface area contributed by atoms with Gasteiger partial charge in [-0.1, -0.05) is 0 Å². The third-order valence-electron chi connectivity index (χ3n) is 3.99. The molecule has 1 fully saturated rings. The van der Waals surface area contributed by atoms with Gasteiger partial charge in [0.2, 0.25) is 12.0 Å². The maximum absolute atomic E-state index is 12.0. The Kier molecular flexibility index (Phi) is 6.99. The lowest BCUT2D eigenvalue weighted by atomic mass is 9.99. The van der Waals surface area contributed by atoms with Gasteiger partial charge in [-0.3, -0.25) is 0 Å². The number of aliphatic hydroxyl groups is 4. The van der Waals surface area contributed by atoms with Crippen molar-refractivity contribution in [3.8, 4) is 17.2 Å². The first-order valence-electron chi connectivity index (χ1n) is 7.96. The zero-order valence-corrected chi connectivity index (χ0v) is 14.7. The highest BCUT2D eigenvalue weighted by molar-refractivity contribution is 5.87. The number of hydrogen-bond acceptors (Lipinski definition) is 10. The molecule has 150 valence electrons. The molecule has 27 heavy (non-hydrogen) atoms. The molecule has 1 aromatic carbocycles. The molecule has 0 aromatic heterocycles. The molecule has 0 saturated carbocycles. The second-order valence-electron chi connectivity index (χ2n) is 5.74. The number of carbonyl (C=O) groups is 1. The highest BCUT2D eigenvalue weighted by Crippen LogP contribution is 2.37. The fourth-order valence-corrected chi connectivity index (χ4v) is 2.49. The largest absolute Gasteiger partial charge is 0.502 e. The lowest BCUT2D eigenvalue weighted by Gasteiger charge is -2.38. The topological polar surface area (TPSA) is 155 Å². The van der Waals surface area contributed by atoms with Crippen LogP contribution in [0.4, 0.5) is 0 Å². The van der Waals surface area contributed by atoms with Crippen molar-refractivity contribution in [1.82, 2.24) is 0 Å². The standard InChI is InChI=1S/C17H22O10/c1-24-9-5-8(6-10(25-2)13(9)20)3-4-12(19)27-17-16(23)15(22)14(21)11(7-18)26-17/h3-6,11,14-18,20-23H,7H2,1-2H3/b4-3+/t11-,14-,15+,16-,17-/m1/s1. The van der Waals surface area contributed by atoms with Gasteiger partial charge in [-0.05, 0) is 23.8 Å². The van der Waals surface area contributed by atoms with Crippen molar-refractivity contribution in [1.29, 1.82) is 0 Å². The van der Waals surface area contributed by atoms with Gasteiger partial charge in [0.1, 0.15) is 24.4 Å².